The van der Waals surface area contributed by atoms with Crippen molar-refractivity contribution in [1.82, 2.24) is 0 Å². The summed E-state index contributed by atoms with van der Waals surface area (Å²) in [6, 6.07) is 4.20. The van der Waals surface area contributed by atoms with E-state index in [1.165, 1.54) is 5.56 Å². The van der Waals surface area contributed by atoms with E-state index in [1.807, 2.05) is 32.7 Å². The van der Waals surface area contributed by atoms with Gasteiger partial charge in [0, 0.05) is 16.5 Å². The molecular weight excluding hydrogens is 263 g/mol. The fourth-order valence-electron chi connectivity index (χ4n) is 2.73. The first-order valence-corrected chi connectivity index (χ1v) is 8.40. The first kappa shape index (κ1) is 13.6. The van der Waals surface area contributed by atoms with Crippen LogP contribution in [0.5, 0.6) is 0 Å². The molecule has 1 aliphatic heterocycles. The van der Waals surface area contributed by atoms with Crippen molar-refractivity contribution >= 4 is 24.0 Å². The molecule has 1 aromatic rings. The minimum atomic E-state index is -2.48. The summed E-state index contributed by atoms with van der Waals surface area (Å²) < 4.78 is 13.2. The molecule has 1 nitrogen and oxygen atoms in total. The van der Waals surface area contributed by atoms with Gasteiger partial charge in [0.15, 0.2) is 0 Å². The largest absolute Gasteiger partial charge is 0.314 e. The topological polar surface area (TPSA) is 17.1 Å². The fraction of sp³-hybridized carbons (Fsp3) is 0.333. The van der Waals surface area contributed by atoms with Crippen molar-refractivity contribution in [3.05, 3.63) is 51.3 Å². The van der Waals surface area contributed by atoms with Crippen LogP contribution in [0.3, 0.4) is 0 Å². The SMILES string of the molecule is CC1=CP(=O)(c2c(C)cc(C)cc2C)CC=C1Cl. The molecule has 0 fully saturated rings. The maximum absolute atomic E-state index is 13.2. The van der Waals surface area contributed by atoms with Crippen LogP contribution in [0.4, 0.5) is 0 Å². The molecule has 1 aliphatic rings. The Hall–Kier alpha value is -0.780. The van der Waals surface area contributed by atoms with Crippen LogP contribution in [-0.2, 0) is 4.57 Å². The summed E-state index contributed by atoms with van der Waals surface area (Å²) in [5.74, 6) is 1.88. The first-order valence-electron chi connectivity index (χ1n) is 6.06. The molecule has 0 spiro atoms. The highest BCUT2D eigenvalue weighted by Gasteiger charge is 2.28. The summed E-state index contributed by atoms with van der Waals surface area (Å²) in [6.45, 7) is 8.07. The quantitative estimate of drug-likeness (QED) is 0.685. The number of hydrogen-bond donors (Lipinski definition) is 0. The van der Waals surface area contributed by atoms with Crippen molar-refractivity contribution in [2.75, 3.05) is 6.16 Å². The van der Waals surface area contributed by atoms with Gasteiger partial charge >= 0.3 is 0 Å². The molecular formula is C15H18ClOP. The maximum atomic E-state index is 13.2. The molecule has 0 saturated heterocycles. The average molecular weight is 281 g/mol. The number of aryl methyl sites for hydroxylation is 3. The Labute approximate surface area is 114 Å². The van der Waals surface area contributed by atoms with E-state index in [2.05, 4.69) is 19.1 Å². The lowest BCUT2D eigenvalue weighted by Gasteiger charge is -2.22. The van der Waals surface area contributed by atoms with Crippen molar-refractivity contribution in [3.8, 4) is 0 Å². The predicted molar refractivity (Wildman–Crippen MR) is 80.5 cm³/mol. The zero-order valence-corrected chi connectivity index (χ0v) is 12.9. The molecule has 0 aromatic heterocycles. The van der Waals surface area contributed by atoms with Crippen LogP contribution >= 0.6 is 18.7 Å². The Morgan fingerprint density at radius 2 is 1.67 bits per heavy atom. The number of benzene rings is 1. The van der Waals surface area contributed by atoms with Gasteiger partial charge in [0.25, 0.3) is 0 Å². The zero-order chi connectivity index (χ0) is 13.5. The highest BCUT2D eigenvalue weighted by Crippen LogP contribution is 2.52. The van der Waals surface area contributed by atoms with Crippen molar-refractivity contribution in [2.24, 2.45) is 0 Å². The first-order chi connectivity index (χ1) is 8.33. The standard InChI is InChI=1S/C15H18ClOP/c1-10-7-11(2)15(12(3)8-10)18(17)6-5-14(16)13(4)9-18/h5,7-9H,6H2,1-4H3. The summed E-state index contributed by atoms with van der Waals surface area (Å²) in [5.41, 5.74) is 4.37. The van der Waals surface area contributed by atoms with E-state index >= 15 is 0 Å². The summed E-state index contributed by atoms with van der Waals surface area (Å²) in [4.78, 5) is 0. The van der Waals surface area contributed by atoms with Crippen LogP contribution in [0.25, 0.3) is 0 Å². The molecule has 0 saturated carbocycles. The lowest BCUT2D eigenvalue weighted by Crippen LogP contribution is -2.15. The van der Waals surface area contributed by atoms with E-state index in [-0.39, 0.29) is 0 Å². The van der Waals surface area contributed by atoms with E-state index in [0.717, 1.165) is 27.0 Å². The fourth-order valence-corrected chi connectivity index (χ4v) is 6.00. The number of hydrogen-bond acceptors (Lipinski definition) is 1. The van der Waals surface area contributed by atoms with E-state index < -0.39 is 7.14 Å². The van der Waals surface area contributed by atoms with Crippen LogP contribution in [0.2, 0.25) is 0 Å². The Balaban J connectivity index is 2.61. The van der Waals surface area contributed by atoms with Crippen molar-refractivity contribution in [3.63, 3.8) is 0 Å². The van der Waals surface area contributed by atoms with E-state index in [1.54, 1.807) is 0 Å². The second kappa shape index (κ2) is 4.72. The Kier molecular flexibility index (Phi) is 3.58. The van der Waals surface area contributed by atoms with Gasteiger partial charge in [-0.2, -0.15) is 0 Å². The molecule has 0 aliphatic carbocycles. The van der Waals surface area contributed by atoms with Crippen molar-refractivity contribution in [2.45, 2.75) is 27.7 Å². The molecule has 18 heavy (non-hydrogen) atoms. The van der Waals surface area contributed by atoms with Gasteiger partial charge in [-0.15, -0.1) is 0 Å². The summed E-state index contributed by atoms with van der Waals surface area (Å²) in [6.07, 6.45) is 2.42. The van der Waals surface area contributed by atoms with Crippen LogP contribution in [0.15, 0.2) is 34.6 Å². The molecule has 1 atom stereocenters. The molecule has 0 radical (unpaired) electrons. The Bertz CT molecular complexity index is 588. The van der Waals surface area contributed by atoms with Gasteiger partial charge in [-0.05, 0) is 50.2 Å². The average Bonchev–Trinajstić information content (AvgIpc) is 2.22. The van der Waals surface area contributed by atoms with Gasteiger partial charge < -0.3 is 4.57 Å². The monoisotopic (exact) mass is 280 g/mol. The Morgan fingerprint density at radius 3 is 2.17 bits per heavy atom. The third-order valence-electron chi connectivity index (χ3n) is 3.33. The van der Waals surface area contributed by atoms with Gasteiger partial charge in [-0.3, -0.25) is 0 Å². The van der Waals surface area contributed by atoms with Crippen molar-refractivity contribution < 1.29 is 4.57 Å². The van der Waals surface area contributed by atoms with Gasteiger partial charge in [-0.1, -0.05) is 35.4 Å². The van der Waals surface area contributed by atoms with Crippen LogP contribution in [-0.4, -0.2) is 6.16 Å². The molecule has 96 valence electrons. The minimum Gasteiger partial charge on any atom is -0.314 e. The molecule has 1 heterocycles. The van der Waals surface area contributed by atoms with E-state index in [0.29, 0.717) is 6.16 Å². The molecule has 0 amide bonds. The van der Waals surface area contributed by atoms with Gasteiger partial charge in [0.2, 0.25) is 0 Å². The van der Waals surface area contributed by atoms with Gasteiger partial charge in [0.1, 0.15) is 7.14 Å². The van der Waals surface area contributed by atoms with Crippen LogP contribution in [0.1, 0.15) is 23.6 Å². The Morgan fingerprint density at radius 1 is 1.11 bits per heavy atom. The minimum absolute atomic E-state index is 0.536. The van der Waals surface area contributed by atoms with E-state index in [9.17, 15) is 4.57 Å². The summed E-state index contributed by atoms with van der Waals surface area (Å²) in [5, 5.41) is 1.73. The number of allylic oxidation sites excluding steroid dienone is 3. The lowest BCUT2D eigenvalue weighted by atomic mass is 10.1. The number of halogens is 1. The lowest BCUT2D eigenvalue weighted by molar-refractivity contribution is 0.587. The normalized spacial score (nSPS) is 23.6. The molecule has 1 unspecified atom stereocenters. The highest BCUT2D eigenvalue weighted by molar-refractivity contribution is 7.75. The third-order valence-corrected chi connectivity index (χ3v) is 6.78. The van der Waals surface area contributed by atoms with Crippen LogP contribution in [0, 0.1) is 20.8 Å². The van der Waals surface area contributed by atoms with Crippen molar-refractivity contribution in [1.29, 1.82) is 0 Å². The smallest absolute Gasteiger partial charge is 0.140 e. The summed E-state index contributed by atoms with van der Waals surface area (Å²) in [7, 11) is -2.48. The molecule has 3 heteroatoms. The molecule has 2 rings (SSSR count). The van der Waals surface area contributed by atoms with E-state index in [4.69, 9.17) is 11.6 Å². The molecule has 0 N–H and O–H groups in total. The molecule has 0 bridgehead atoms. The maximum Gasteiger partial charge on any atom is 0.140 e. The van der Waals surface area contributed by atoms with Gasteiger partial charge in [0.05, 0.1) is 0 Å². The van der Waals surface area contributed by atoms with Crippen LogP contribution < -0.4 is 5.30 Å². The highest BCUT2D eigenvalue weighted by atomic mass is 35.5. The molecule has 1 aromatic carbocycles. The number of rotatable bonds is 1. The third kappa shape index (κ3) is 2.35. The predicted octanol–water partition coefficient (Wildman–Crippen LogP) is 4.64. The summed E-state index contributed by atoms with van der Waals surface area (Å²) >= 11 is 6.06. The van der Waals surface area contributed by atoms with Gasteiger partial charge in [-0.25, -0.2) is 0 Å². The second-order valence-corrected chi connectivity index (χ2v) is 8.16. The second-order valence-electron chi connectivity index (χ2n) is 5.09. The zero-order valence-electron chi connectivity index (χ0n) is 11.2.